The molecule has 5 aromatic carbocycles. The Morgan fingerprint density at radius 2 is 1.29 bits per heavy atom. The highest BCUT2D eigenvalue weighted by Gasteiger charge is 2.16. The number of hydrogen-bond donors (Lipinski definition) is 1. The molecule has 0 radical (unpaired) electrons. The van der Waals surface area contributed by atoms with E-state index in [2.05, 4.69) is 150 Å². The predicted molar refractivity (Wildman–Crippen MR) is 175 cm³/mol. The number of allylic oxidation sites excluding steroid dienone is 4. The van der Waals surface area contributed by atoms with Crippen molar-refractivity contribution in [1.82, 2.24) is 9.13 Å². The first-order chi connectivity index (χ1) is 20.2. The number of fused-ring (bicyclic) bond motifs is 6. The minimum Gasteiger partial charge on any atom is -0.355 e. The van der Waals surface area contributed by atoms with Crippen molar-refractivity contribution < 1.29 is 0 Å². The van der Waals surface area contributed by atoms with Gasteiger partial charge in [0, 0.05) is 62.3 Å². The van der Waals surface area contributed by atoms with Crippen LogP contribution in [0.4, 0.5) is 11.4 Å². The van der Waals surface area contributed by atoms with E-state index in [4.69, 9.17) is 0 Å². The molecule has 1 aliphatic carbocycles. The average molecular weight is 530 g/mol. The van der Waals surface area contributed by atoms with Gasteiger partial charge in [0.2, 0.25) is 0 Å². The van der Waals surface area contributed by atoms with E-state index in [9.17, 15) is 0 Å². The Morgan fingerprint density at radius 3 is 2.05 bits per heavy atom. The second kappa shape index (κ2) is 9.28. The number of anilines is 2. The van der Waals surface area contributed by atoms with Crippen molar-refractivity contribution in [2.45, 2.75) is 19.8 Å². The van der Waals surface area contributed by atoms with Crippen molar-refractivity contribution in [3.63, 3.8) is 0 Å². The summed E-state index contributed by atoms with van der Waals surface area (Å²) in [5, 5.41) is 8.85. The van der Waals surface area contributed by atoms with E-state index in [1.54, 1.807) is 0 Å². The van der Waals surface area contributed by atoms with E-state index in [0.717, 1.165) is 24.2 Å². The van der Waals surface area contributed by atoms with Crippen LogP contribution in [0, 0.1) is 0 Å². The number of nitrogens with one attached hydrogen (secondary N) is 1. The van der Waals surface area contributed by atoms with Gasteiger partial charge in [-0.25, -0.2) is 0 Å². The first kappa shape index (κ1) is 23.8. The van der Waals surface area contributed by atoms with Crippen molar-refractivity contribution in [2.24, 2.45) is 7.05 Å². The van der Waals surface area contributed by atoms with Crippen LogP contribution in [0.25, 0.3) is 54.9 Å². The topological polar surface area (TPSA) is 21.9 Å². The number of aryl methyl sites for hydroxylation is 1. The average Bonchev–Trinajstić information content (AvgIpc) is 3.49. The Morgan fingerprint density at radius 1 is 0.634 bits per heavy atom. The van der Waals surface area contributed by atoms with Gasteiger partial charge in [-0.1, -0.05) is 66.7 Å². The third-order valence-electron chi connectivity index (χ3n) is 8.76. The number of benzene rings is 5. The molecule has 2 heterocycles. The molecule has 1 N–H and O–H groups in total. The SMILES string of the molecule is CC1=C(c2ccccc2Nc2ccc3c(c2)c2cc(-n4c5ccccc5c5ccccc54)ccc2n3C)CCC=C1. The molecule has 0 saturated carbocycles. The summed E-state index contributed by atoms with van der Waals surface area (Å²) in [7, 11) is 2.17. The lowest BCUT2D eigenvalue weighted by molar-refractivity contribution is 1.01. The number of hydrogen-bond acceptors (Lipinski definition) is 1. The van der Waals surface area contributed by atoms with Gasteiger partial charge in [0.05, 0.1) is 11.0 Å². The van der Waals surface area contributed by atoms with Crippen LogP contribution in [0.5, 0.6) is 0 Å². The second-order valence-electron chi connectivity index (χ2n) is 11.1. The van der Waals surface area contributed by atoms with Crippen LogP contribution in [-0.2, 0) is 7.05 Å². The van der Waals surface area contributed by atoms with E-state index < -0.39 is 0 Å². The maximum absolute atomic E-state index is 3.77. The highest BCUT2D eigenvalue weighted by Crippen LogP contribution is 2.38. The zero-order valence-corrected chi connectivity index (χ0v) is 23.4. The van der Waals surface area contributed by atoms with E-state index in [1.807, 2.05) is 0 Å². The summed E-state index contributed by atoms with van der Waals surface area (Å²) in [6.45, 7) is 2.22. The third-order valence-corrected chi connectivity index (χ3v) is 8.76. The Bertz CT molecular complexity index is 2150. The molecule has 41 heavy (non-hydrogen) atoms. The quantitative estimate of drug-likeness (QED) is 0.241. The van der Waals surface area contributed by atoms with E-state index >= 15 is 0 Å². The number of para-hydroxylation sites is 3. The zero-order chi connectivity index (χ0) is 27.5. The molecule has 7 aromatic rings. The highest BCUT2D eigenvalue weighted by atomic mass is 15.0. The molecule has 0 amide bonds. The van der Waals surface area contributed by atoms with Gasteiger partial charge >= 0.3 is 0 Å². The maximum Gasteiger partial charge on any atom is 0.0541 e. The van der Waals surface area contributed by atoms with Gasteiger partial charge in [-0.15, -0.1) is 0 Å². The normalized spacial score (nSPS) is 13.7. The molecule has 0 spiro atoms. The molecule has 3 nitrogen and oxygen atoms in total. The molecule has 0 unspecified atom stereocenters. The number of nitrogens with zero attached hydrogens (tertiary/aromatic N) is 2. The van der Waals surface area contributed by atoms with Crippen LogP contribution in [0.1, 0.15) is 25.3 Å². The monoisotopic (exact) mass is 529 g/mol. The van der Waals surface area contributed by atoms with Gasteiger partial charge in [0.15, 0.2) is 0 Å². The van der Waals surface area contributed by atoms with Crippen molar-refractivity contribution in [3.05, 3.63) is 132 Å². The lowest BCUT2D eigenvalue weighted by Gasteiger charge is -2.18. The van der Waals surface area contributed by atoms with Crippen molar-refractivity contribution in [2.75, 3.05) is 5.32 Å². The highest BCUT2D eigenvalue weighted by molar-refractivity contribution is 6.12. The second-order valence-corrected chi connectivity index (χ2v) is 11.1. The van der Waals surface area contributed by atoms with Crippen LogP contribution >= 0.6 is 0 Å². The molecule has 2 aromatic heterocycles. The molecule has 0 aliphatic heterocycles. The Hall–Kier alpha value is -5.02. The molecule has 8 rings (SSSR count). The zero-order valence-electron chi connectivity index (χ0n) is 23.4. The summed E-state index contributed by atoms with van der Waals surface area (Å²) in [6.07, 6.45) is 6.70. The summed E-state index contributed by atoms with van der Waals surface area (Å²) in [5.74, 6) is 0. The Balaban J connectivity index is 1.28. The third kappa shape index (κ3) is 3.73. The van der Waals surface area contributed by atoms with Gasteiger partial charge in [-0.3, -0.25) is 0 Å². The first-order valence-corrected chi connectivity index (χ1v) is 14.4. The molecular weight excluding hydrogens is 498 g/mol. The van der Waals surface area contributed by atoms with Crippen molar-refractivity contribution in [3.8, 4) is 5.69 Å². The minimum atomic E-state index is 1.08. The van der Waals surface area contributed by atoms with Crippen LogP contribution in [0.15, 0.2) is 127 Å². The first-order valence-electron chi connectivity index (χ1n) is 14.4. The van der Waals surface area contributed by atoms with Gasteiger partial charge in [-0.05, 0) is 85.5 Å². The van der Waals surface area contributed by atoms with Crippen LogP contribution in [0.3, 0.4) is 0 Å². The summed E-state index contributed by atoms with van der Waals surface area (Å²) in [6, 6.07) is 39.7. The molecule has 0 fully saturated rings. The lowest BCUT2D eigenvalue weighted by atomic mass is 9.91. The standard InChI is InChI=1S/C38H31N3/c1-25-11-3-4-12-28(25)29-13-5-8-16-34(29)39-26-19-21-35-32(23-26)33-24-27(20-22-36(33)40(35)2)41-37-17-9-6-14-30(37)31-15-7-10-18-38(31)41/h3,5-11,13-24,39H,4,12H2,1-2H3. The molecule has 0 bridgehead atoms. The van der Waals surface area contributed by atoms with Crippen LogP contribution < -0.4 is 5.32 Å². The van der Waals surface area contributed by atoms with E-state index in [1.165, 1.54) is 66.0 Å². The van der Waals surface area contributed by atoms with Gasteiger partial charge in [0.1, 0.15) is 0 Å². The summed E-state index contributed by atoms with van der Waals surface area (Å²) >= 11 is 0. The van der Waals surface area contributed by atoms with Crippen molar-refractivity contribution in [1.29, 1.82) is 0 Å². The number of aromatic nitrogens is 2. The van der Waals surface area contributed by atoms with Gasteiger partial charge in [0.25, 0.3) is 0 Å². The fourth-order valence-corrected chi connectivity index (χ4v) is 6.77. The predicted octanol–water partition coefficient (Wildman–Crippen LogP) is 10.3. The van der Waals surface area contributed by atoms with E-state index in [0.29, 0.717) is 0 Å². The van der Waals surface area contributed by atoms with Crippen LogP contribution in [-0.4, -0.2) is 9.13 Å². The molecule has 0 atom stereocenters. The maximum atomic E-state index is 3.77. The molecular formula is C38H31N3. The van der Waals surface area contributed by atoms with Gasteiger partial charge in [-0.2, -0.15) is 0 Å². The fourth-order valence-electron chi connectivity index (χ4n) is 6.77. The Labute approximate surface area is 239 Å². The summed E-state index contributed by atoms with van der Waals surface area (Å²) < 4.78 is 4.70. The minimum absolute atomic E-state index is 1.08. The van der Waals surface area contributed by atoms with E-state index in [-0.39, 0.29) is 0 Å². The van der Waals surface area contributed by atoms with Gasteiger partial charge < -0.3 is 14.5 Å². The number of rotatable bonds is 4. The van der Waals surface area contributed by atoms with Crippen LogP contribution in [0.2, 0.25) is 0 Å². The summed E-state index contributed by atoms with van der Waals surface area (Å²) in [5.41, 5.74) is 12.4. The Kier molecular flexibility index (Phi) is 5.39. The molecule has 0 saturated heterocycles. The molecule has 198 valence electrons. The summed E-state index contributed by atoms with van der Waals surface area (Å²) in [4.78, 5) is 0. The smallest absolute Gasteiger partial charge is 0.0541 e. The fraction of sp³-hybridized carbons (Fsp3) is 0.105. The lowest BCUT2D eigenvalue weighted by Crippen LogP contribution is -1.99. The molecule has 1 aliphatic rings. The van der Waals surface area contributed by atoms with Crippen molar-refractivity contribution >= 4 is 60.6 Å². The molecule has 3 heteroatoms. The largest absolute Gasteiger partial charge is 0.355 e.